The Labute approximate surface area is 165 Å². The average Bonchev–Trinajstić information content (AvgIpc) is 2.68. The Morgan fingerprint density at radius 1 is 1.04 bits per heavy atom. The number of likely N-dealkylation sites (N-methyl/N-ethyl adjacent to an activating group) is 1. The van der Waals surface area contributed by atoms with Crippen molar-refractivity contribution in [2.45, 2.75) is 24.8 Å². The van der Waals surface area contributed by atoms with Gasteiger partial charge in [0.15, 0.2) is 0 Å². The highest BCUT2D eigenvalue weighted by molar-refractivity contribution is 7.89. The quantitative estimate of drug-likeness (QED) is 0.674. The van der Waals surface area contributed by atoms with Gasteiger partial charge in [-0.25, -0.2) is 12.8 Å². The first kappa shape index (κ1) is 21.8. The van der Waals surface area contributed by atoms with Crippen molar-refractivity contribution in [3.63, 3.8) is 0 Å². The van der Waals surface area contributed by atoms with Crippen LogP contribution in [0.25, 0.3) is 0 Å². The van der Waals surface area contributed by atoms with Gasteiger partial charge in [0.1, 0.15) is 18.2 Å². The van der Waals surface area contributed by atoms with Gasteiger partial charge in [-0.2, -0.15) is 4.31 Å². The van der Waals surface area contributed by atoms with Gasteiger partial charge in [0.25, 0.3) is 5.91 Å². The molecule has 2 rings (SSSR count). The molecule has 0 aliphatic heterocycles. The number of benzene rings is 2. The SMILES string of the molecule is CC(C)N(C)S(=O)(=O)c1ccc(C(=O)N(C)CCOc2ccc(F)cc2)cc1. The standard InChI is InChI=1S/C20H25FN2O4S/c1-15(2)23(4)28(25,26)19-11-5-16(6-12-19)20(24)22(3)13-14-27-18-9-7-17(21)8-10-18/h5-12,15H,13-14H2,1-4H3. The van der Waals surface area contributed by atoms with Crippen molar-refractivity contribution in [3.05, 3.63) is 59.9 Å². The number of sulfonamides is 1. The highest BCUT2D eigenvalue weighted by Crippen LogP contribution is 2.18. The second-order valence-electron chi connectivity index (χ2n) is 6.67. The summed E-state index contributed by atoms with van der Waals surface area (Å²) in [6, 6.07) is 11.3. The van der Waals surface area contributed by atoms with Crippen molar-refractivity contribution in [3.8, 4) is 5.75 Å². The summed E-state index contributed by atoms with van der Waals surface area (Å²) in [5, 5.41) is 0. The molecule has 0 aliphatic rings. The van der Waals surface area contributed by atoms with E-state index in [1.54, 1.807) is 20.9 Å². The molecule has 152 valence electrons. The summed E-state index contributed by atoms with van der Waals surface area (Å²) in [5.74, 6) is -0.0698. The predicted molar refractivity (Wildman–Crippen MR) is 105 cm³/mol. The smallest absolute Gasteiger partial charge is 0.253 e. The van der Waals surface area contributed by atoms with E-state index in [4.69, 9.17) is 4.74 Å². The Balaban J connectivity index is 1.97. The lowest BCUT2D eigenvalue weighted by Gasteiger charge is -2.21. The summed E-state index contributed by atoms with van der Waals surface area (Å²) in [6.07, 6.45) is 0. The van der Waals surface area contributed by atoms with Crippen LogP contribution in [-0.2, 0) is 10.0 Å². The first-order valence-electron chi connectivity index (χ1n) is 8.85. The van der Waals surface area contributed by atoms with Gasteiger partial charge >= 0.3 is 0 Å². The molecule has 0 heterocycles. The zero-order valence-corrected chi connectivity index (χ0v) is 17.2. The molecule has 1 amide bonds. The minimum atomic E-state index is -3.59. The summed E-state index contributed by atoms with van der Waals surface area (Å²) in [7, 11) is -0.433. The summed E-state index contributed by atoms with van der Waals surface area (Å²) < 4.78 is 44.6. The number of carbonyl (C=O) groups is 1. The molecule has 2 aromatic carbocycles. The highest BCUT2D eigenvalue weighted by atomic mass is 32.2. The molecule has 0 unspecified atom stereocenters. The number of amides is 1. The largest absolute Gasteiger partial charge is 0.492 e. The molecule has 2 aromatic rings. The third kappa shape index (κ3) is 5.30. The molecule has 0 N–H and O–H groups in total. The maximum atomic E-state index is 12.9. The molecular weight excluding hydrogens is 383 g/mol. The monoisotopic (exact) mass is 408 g/mol. The number of rotatable bonds is 8. The van der Waals surface area contributed by atoms with Gasteiger partial charge in [0, 0.05) is 25.7 Å². The maximum Gasteiger partial charge on any atom is 0.253 e. The lowest BCUT2D eigenvalue weighted by atomic mass is 10.2. The molecule has 0 aromatic heterocycles. The molecule has 8 heteroatoms. The van der Waals surface area contributed by atoms with Crippen LogP contribution in [0.4, 0.5) is 4.39 Å². The van der Waals surface area contributed by atoms with Gasteiger partial charge in [0.05, 0.1) is 11.4 Å². The fourth-order valence-electron chi connectivity index (χ4n) is 2.37. The van der Waals surface area contributed by atoms with E-state index in [2.05, 4.69) is 0 Å². The number of carbonyl (C=O) groups excluding carboxylic acids is 1. The average molecular weight is 408 g/mol. The van der Waals surface area contributed by atoms with Crippen LogP contribution in [0.2, 0.25) is 0 Å². The van der Waals surface area contributed by atoms with E-state index in [0.717, 1.165) is 0 Å². The molecule has 0 atom stereocenters. The van der Waals surface area contributed by atoms with E-state index >= 15 is 0 Å². The van der Waals surface area contributed by atoms with E-state index in [1.807, 2.05) is 0 Å². The second kappa shape index (κ2) is 9.16. The van der Waals surface area contributed by atoms with Gasteiger partial charge in [-0.3, -0.25) is 4.79 Å². The van der Waals surface area contributed by atoms with Gasteiger partial charge in [0.2, 0.25) is 10.0 Å². The van der Waals surface area contributed by atoms with Crippen LogP contribution in [0.3, 0.4) is 0 Å². The van der Waals surface area contributed by atoms with Gasteiger partial charge < -0.3 is 9.64 Å². The fourth-order valence-corrected chi connectivity index (χ4v) is 3.73. The number of halogens is 1. The molecule has 0 bridgehead atoms. The third-order valence-electron chi connectivity index (χ3n) is 4.36. The lowest BCUT2D eigenvalue weighted by molar-refractivity contribution is 0.0773. The van der Waals surface area contributed by atoms with Crippen LogP contribution < -0.4 is 4.74 Å². The van der Waals surface area contributed by atoms with E-state index in [-0.39, 0.29) is 29.3 Å². The van der Waals surface area contributed by atoms with Crippen molar-refractivity contribution in [2.24, 2.45) is 0 Å². The second-order valence-corrected chi connectivity index (χ2v) is 8.67. The molecule has 0 saturated carbocycles. The van der Waals surface area contributed by atoms with Crippen LogP contribution in [0.1, 0.15) is 24.2 Å². The molecule has 6 nitrogen and oxygen atoms in total. The Hall–Kier alpha value is -2.45. The zero-order chi connectivity index (χ0) is 20.9. The van der Waals surface area contributed by atoms with Crippen molar-refractivity contribution in [1.82, 2.24) is 9.21 Å². The zero-order valence-electron chi connectivity index (χ0n) is 16.4. The van der Waals surface area contributed by atoms with E-state index in [9.17, 15) is 17.6 Å². The molecule has 0 saturated heterocycles. The van der Waals surface area contributed by atoms with Crippen LogP contribution in [0.15, 0.2) is 53.4 Å². The van der Waals surface area contributed by atoms with Crippen molar-refractivity contribution < 1.29 is 22.3 Å². The first-order chi connectivity index (χ1) is 13.1. The summed E-state index contributed by atoms with van der Waals surface area (Å²) in [6.45, 7) is 4.16. The Kier molecular flexibility index (Phi) is 7.15. The Morgan fingerprint density at radius 3 is 2.14 bits per heavy atom. The number of nitrogens with zero attached hydrogens (tertiary/aromatic N) is 2. The molecule has 0 aliphatic carbocycles. The highest BCUT2D eigenvalue weighted by Gasteiger charge is 2.23. The topological polar surface area (TPSA) is 66.9 Å². The molecule has 0 spiro atoms. The predicted octanol–water partition coefficient (Wildman–Crippen LogP) is 3.01. The first-order valence-corrected chi connectivity index (χ1v) is 10.3. The summed E-state index contributed by atoms with van der Waals surface area (Å²) >= 11 is 0. The van der Waals surface area contributed by atoms with Crippen LogP contribution in [0.5, 0.6) is 5.75 Å². The minimum absolute atomic E-state index is 0.141. The van der Waals surface area contributed by atoms with Crippen LogP contribution >= 0.6 is 0 Å². The van der Waals surface area contributed by atoms with Crippen LogP contribution in [0, 0.1) is 5.82 Å². The lowest BCUT2D eigenvalue weighted by Crippen LogP contribution is -2.33. The summed E-state index contributed by atoms with van der Waals surface area (Å²) in [5.41, 5.74) is 0.385. The molecule has 28 heavy (non-hydrogen) atoms. The van der Waals surface area contributed by atoms with Crippen molar-refractivity contribution >= 4 is 15.9 Å². The number of hydrogen-bond acceptors (Lipinski definition) is 4. The summed E-state index contributed by atoms with van der Waals surface area (Å²) in [4.78, 5) is 14.1. The van der Waals surface area contributed by atoms with E-state index < -0.39 is 10.0 Å². The molecule has 0 fully saturated rings. The number of ether oxygens (including phenoxy) is 1. The fraction of sp³-hybridized carbons (Fsp3) is 0.350. The van der Waals surface area contributed by atoms with Crippen molar-refractivity contribution in [1.29, 1.82) is 0 Å². The van der Waals surface area contributed by atoms with Gasteiger partial charge in [-0.1, -0.05) is 0 Å². The van der Waals surface area contributed by atoms with E-state index in [0.29, 0.717) is 17.9 Å². The molecule has 0 radical (unpaired) electrons. The Morgan fingerprint density at radius 2 is 1.61 bits per heavy atom. The van der Waals surface area contributed by atoms with Crippen LogP contribution in [-0.4, -0.2) is 56.8 Å². The maximum absolute atomic E-state index is 12.9. The Bertz CT molecular complexity index is 897. The van der Waals surface area contributed by atoms with Gasteiger partial charge in [-0.05, 0) is 62.4 Å². The van der Waals surface area contributed by atoms with Gasteiger partial charge in [-0.15, -0.1) is 0 Å². The third-order valence-corrected chi connectivity index (χ3v) is 6.41. The molecular formula is C20H25FN2O4S. The van der Waals surface area contributed by atoms with E-state index in [1.165, 1.54) is 64.8 Å². The van der Waals surface area contributed by atoms with Crippen molar-refractivity contribution in [2.75, 3.05) is 27.2 Å². The minimum Gasteiger partial charge on any atom is -0.492 e. The number of hydrogen-bond donors (Lipinski definition) is 0. The normalized spacial score (nSPS) is 11.7.